The molecule has 7 nitrogen and oxygen atoms in total. The zero-order valence-corrected chi connectivity index (χ0v) is 14.0. The van der Waals surface area contributed by atoms with Crippen molar-refractivity contribution >= 4 is 39.3 Å². The normalized spacial score (nSPS) is 9.95. The number of nitrogens with one attached hydrogen (secondary N) is 4. The van der Waals surface area contributed by atoms with Crippen molar-refractivity contribution in [2.45, 2.75) is 6.92 Å². The Morgan fingerprint density at radius 3 is 2.36 bits per heavy atom. The average Bonchev–Trinajstić information content (AvgIpc) is 2.48. The van der Waals surface area contributed by atoms with E-state index >= 15 is 0 Å². The Hall–Kier alpha value is -1.93. The monoisotopic (exact) mass is 370 g/mol. The van der Waals surface area contributed by atoms with E-state index in [9.17, 15) is 14.4 Å². The minimum atomic E-state index is -0.355. The SMILES string of the molecule is CNC(=O)CNCC(=O)NCC(=O)Nc1ccc(Br)cc1C. The third-order valence-electron chi connectivity index (χ3n) is 2.76. The van der Waals surface area contributed by atoms with Gasteiger partial charge in [-0.25, -0.2) is 0 Å². The van der Waals surface area contributed by atoms with E-state index in [4.69, 9.17) is 0 Å². The molecular formula is C14H19BrN4O3. The van der Waals surface area contributed by atoms with Crippen LogP contribution in [0.3, 0.4) is 0 Å². The van der Waals surface area contributed by atoms with Crippen molar-refractivity contribution in [3.05, 3.63) is 28.2 Å². The van der Waals surface area contributed by atoms with Crippen molar-refractivity contribution in [3.63, 3.8) is 0 Å². The van der Waals surface area contributed by atoms with Crippen LogP contribution in [-0.2, 0) is 14.4 Å². The van der Waals surface area contributed by atoms with Crippen LogP contribution >= 0.6 is 15.9 Å². The third kappa shape index (κ3) is 6.68. The number of carbonyl (C=O) groups is 3. The lowest BCUT2D eigenvalue weighted by Crippen LogP contribution is -2.41. The summed E-state index contributed by atoms with van der Waals surface area (Å²) in [5, 5.41) is 10.3. The van der Waals surface area contributed by atoms with E-state index in [0.29, 0.717) is 5.69 Å². The van der Waals surface area contributed by atoms with Crippen LogP contribution in [0.1, 0.15) is 5.56 Å². The molecule has 0 aromatic heterocycles. The number of rotatable bonds is 7. The first-order chi connectivity index (χ1) is 10.4. The summed E-state index contributed by atoms with van der Waals surface area (Å²) in [6.45, 7) is 1.77. The zero-order valence-electron chi connectivity index (χ0n) is 12.5. The number of hydrogen-bond acceptors (Lipinski definition) is 4. The number of aryl methyl sites for hydroxylation is 1. The number of likely N-dealkylation sites (N-methyl/N-ethyl adjacent to an activating group) is 1. The number of hydrogen-bond donors (Lipinski definition) is 4. The molecule has 0 aliphatic carbocycles. The van der Waals surface area contributed by atoms with Gasteiger partial charge in [-0.2, -0.15) is 0 Å². The Morgan fingerprint density at radius 2 is 1.73 bits per heavy atom. The van der Waals surface area contributed by atoms with Gasteiger partial charge in [-0.05, 0) is 30.7 Å². The van der Waals surface area contributed by atoms with Gasteiger partial charge in [-0.15, -0.1) is 0 Å². The van der Waals surface area contributed by atoms with Crippen molar-refractivity contribution in [1.82, 2.24) is 16.0 Å². The number of amides is 3. The first-order valence-corrected chi connectivity index (χ1v) is 7.45. The lowest BCUT2D eigenvalue weighted by Gasteiger charge is -2.10. The Kier molecular flexibility index (Phi) is 7.55. The minimum Gasteiger partial charge on any atom is -0.358 e. The van der Waals surface area contributed by atoms with Crippen LogP contribution in [0.2, 0.25) is 0 Å². The maximum atomic E-state index is 11.8. The van der Waals surface area contributed by atoms with Crippen molar-refractivity contribution < 1.29 is 14.4 Å². The van der Waals surface area contributed by atoms with Crippen LogP contribution in [0.5, 0.6) is 0 Å². The third-order valence-corrected chi connectivity index (χ3v) is 3.25. The van der Waals surface area contributed by atoms with E-state index in [1.165, 1.54) is 7.05 Å². The molecule has 0 saturated heterocycles. The highest BCUT2D eigenvalue weighted by Crippen LogP contribution is 2.19. The quantitative estimate of drug-likeness (QED) is 0.548. The Balaban J connectivity index is 2.30. The summed E-state index contributed by atoms with van der Waals surface area (Å²) >= 11 is 3.35. The van der Waals surface area contributed by atoms with Crippen LogP contribution in [0.15, 0.2) is 22.7 Å². The van der Waals surface area contributed by atoms with E-state index in [0.717, 1.165) is 10.0 Å². The van der Waals surface area contributed by atoms with E-state index in [1.807, 2.05) is 19.1 Å². The highest BCUT2D eigenvalue weighted by atomic mass is 79.9. The standard InChI is InChI=1S/C14H19BrN4O3/c1-9-5-10(15)3-4-11(9)19-14(22)8-18-13(21)7-17-6-12(20)16-2/h3-5,17H,6-8H2,1-2H3,(H,16,20)(H,18,21)(H,19,22). The van der Waals surface area contributed by atoms with Gasteiger partial charge in [0.15, 0.2) is 0 Å². The second kappa shape index (κ2) is 9.16. The van der Waals surface area contributed by atoms with Crippen molar-refractivity contribution in [2.75, 3.05) is 32.0 Å². The lowest BCUT2D eigenvalue weighted by molar-refractivity contribution is -0.124. The number of benzene rings is 1. The molecule has 1 aromatic rings. The first-order valence-electron chi connectivity index (χ1n) is 6.66. The molecule has 0 unspecified atom stereocenters. The number of carbonyl (C=O) groups excluding carboxylic acids is 3. The molecule has 0 fully saturated rings. The molecule has 1 aromatic carbocycles. The molecule has 0 atom stereocenters. The molecule has 0 radical (unpaired) electrons. The second-order valence-corrected chi connectivity index (χ2v) is 5.48. The summed E-state index contributed by atoms with van der Waals surface area (Å²) in [7, 11) is 1.51. The summed E-state index contributed by atoms with van der Waals surface area (Å²) in [5.74, 6) is -0.882. The molecule has 0 heterocycles. The summed E-state index contributed by atoms with van der Waals surface area (Å²) in [6.07, 6.45) is 0. The van der Waals surface area contributed by atoms with Crippen LogP contribution < -0.4 is 21.3 Å². The highest BCUT2D eigenvalue weighted by Gasteiger charge is 2.08. The summed E-state index contributed by atoms with van der Waals surface area (Å²) < 4.78 is 0.929. The molecule has 0 aliphatic heterocycles. The molecule has 22 heavy (non-hydrogen) atoms. The van der Waals surface area contributed by atoms with Gasteiger partial charge in [0.05, 0.1) is 19.6 Å². The predicted molar refractivity (Wildman–Crippen MR) is 87.5 cm³/mol. The van der Waals surface area contributed by atoms with Crippen LogP contribution in [0.25, 0.3) is 0 Å². The molecule has 0 aliphatic rings. The zero-order chi connectivity index (χ0) is 16.5. The van der Waals surface area contributed by atoms with E-state index in [1.54, 1.807) is 6.07 Å². The smallest absolute Gasteiger partial charge is 0.243 e. The largest absolute Gasteiger partial charge is 0.358 e. The van der Waals surface area contributed by atoms with Gasteiger partial charge in [-0.1, -0.05) is 15.9 Å². The van der Waals surface area contributed by atoms with Crippen molar-refractivity contribution in [1.29, 1.82) is 0 Å². The van der Waals surface area contributed by atoms with Crippen LogP contribution in [0.4, 0.5) is 5.69 Å². The molecule has 8 heteroatoms. The molecule has 1 rings (SSSR count). The number of halogens is 1. The predicted octanol–water partition coefficient (Wildman–Crippen LogP) is 0.148. The Morgan fingerprint density at radius 1 is 1.05 bits per heavy atom. The fourth-order valence-corrected chi connectivity index (χ4v) is 2.06. The molecule has 4 N–H and O–H groups in total. The maximum Gasteiger partial charge on any atom is 0.243 e. The molecule has 120 valence electrons. The van der Waals surface area contributed by atoms with Gasteiger partial charge in [-0.3, -0.25) is 19.7 Å². The van der Waals surface area contributed by atoms with Crippen LogP contribution in [-0.4, -0.2) is 44.4 Å². The molecule has 3 amide bonds. The topological polar surface area (TPSA) is 99.3 Å². The Bertz CT molecular complexity index is 563. The second-order valence-electron chi connectivity index (χ2n) is 4.56. The number of anilines is 1. The fourth-order valence-electron chi connectivity index (χ4n) is 1.58. The van der Waals surface area contributed by atoms with Crippen LogP contribution in [0, 0.1) is 6.92 Å². The van der Waals surface area contributed by atoms with Gasteiger partial charge in [0.1, 0.15) is 0 Å². The fraction of sp³-hybridized carbons (Fsp3) is 0.357. The van der Waals surface area contributed by atoms with Crippen molar-refractivity contribution in [3.8, 4) is 0 Å². The van der Waals surface area contributed by atoms with Gasteiger partial charge < -0.3 is 16.0 Å². The van der Waals surface area contributed by atoms with Gasteiger partial charge in [0.2, 0.25) is 17.7 Å². The Labute approximate surface area is 137 Å². The molecule has 0 spiro atoms. The van der Waals surface area contributed by atoms with Gasteiger partial charge in [0, 0.05) is 17.2 Å². The molecule has 0 saturated carbocycles. The van der Waals surface area contributed by atoms with E-state index < -0.39 is 0 Å². The van der Waals surface area contributed by atoms with Gasteiger partial charge >= 0.3 is 0 Å². The summed E-state index contributed by atoms with van der Waals surface area (Å²) in [4.78, 5) is 34.2. The van der Waals surface area contributed by atoms with Gasteiger partial charge in [0.25, 0.3) is 0 Å². The minimum absolute atomic E-state index is 0.0298. The molecule has 0 bridgehead atoms. The summed E-state index contributed by atoms with van der Waals surface area (Å²) in [6, 6.07) is 5.49. The van der Waals surface area contributed by atoms with Crippen molar-refractivity contribution in [2.24, 2.45) is 0 Å². The molecular weight excluding hydrogens is 352 g/mol. The maximum absolute atomic E-state index is 11.8. The summed E-state index contributed by atoms with van der Waals surface area (Å²) in [5.41, 5.74) is 1.61. The van der Waals surface area contributed by atoms with E-state index in [-0.39, 0.29) is 37.4 Å². The van der Waals surface area contributed by atoms with E-state index in [2.05, 4.69) is 37.2 Å². The lowest BCUT2D eigenvalue weighted by atomic mass is 10.2. The highest BCUT2D eigenvalue weighted by molar-refractivity contribution is 9.10. The first kappa shape index (κ1) is 18.1. The average molecular weight is 371 g/mol.